The van der Waals surface area contributed by atoms with Gasteiger partial charge in [-0.25, -0.2) is 8.42 Å². The monoisotopic (exact) mass is 425 g/mol. The molecule has 0 aliphatic carbocycles. The lowest BCUT2D eigenvalue weighted by Crippen LogP contribution is -2.62. The molecule has 1 aromatic carbocycles. The predicted octanol–water partition coefficient (Wildman–Crippen LogP) is 0.227. The van der Waals surface area contributed by atoms with Gasteiger partial charge in [-0.05, 0) is 24.3 Å². The quantitative estimate of drug-likeness (QED) is 0.680. The Labute approximate surface area is 166 Å². The summed E-state index contributed by atoms with van der Waals surface area (Å²) in [6, 6.07) is 5.56. The van der Waals surface area contributed by atoms with Crippen LogP contribution >= 0.6 is 11.8 Å². The van der Waals surface area contributed by atoms with Gasteiger partial charge in [-0.1, -0.05) is 11.8 Å². The van der Waals surface area contributed by atoms with Gasteiger partial charge in [-0.2, -0.15) is 4.31 Å². The SMILES string of the molecule is O=C(c1ccc(S(=O)(=O)N2CCOCC2)cc1)N1CC(N2C(=O)CSC2=O)C1. The number of morpholine rings is 1. The summed E-state index contributed by atoms with van der Waals surface area (Å²) < 4.78 is 31.8. The summed E-state index contributed by atoms with van der Waals surface area (Å²) in [5.74, 6) is -0.314. The van der Waals surface area contributed by atoms with Gasteiger partial charge in [0.15, 0.2) is 0 Å². The molecule has 3 aliphatic rings. The van der Waals surface area contributed by atoms with E-state index in [1.54, 1.807) is 4.90 Å². The average molecular weight is 425 g/mol. The number of hydrogen-bond acceptors (Lipinski definition) is 7. The van der Waals surface area contributed by atoms with Crippen molar-refractivity contribution in [3.8, 4) is 0 Å². The lowest BCUT2D eigenvalue weighted by Gasteiger charge is -2.42. The predicted molar refractivity (Wildman–Crippen MR) is 100 cm³/mol. The first-order valence-electron chi connectivity index (χ1n) is 8.84. The highest BCUT2D eigenvalue weighted by Crippen LogP contribution is 2.27. The van der Waals surface area contributed by atoms with E-state index in [1.807, 2.05) is 0 Å². The maximum Gasteiger partial charge on any atom is 0.289 e. The third-order valence-corrected chi connectivity index (χ3v) is 7.76. The van der Waals surface area contributed by atoms with E-state index in [0.717, 1.165) is 11.8 Å². The van der Waals surface area contributed by atoms with Crippen LogP contribution in [0.2, 0.25) is 0 Å². The van der Waals surface area contributed by atoms with Gasteiger partial charge in [0.1, 0.15) is 0 Å². The molecule has 3 saturated heterocycles. The molecule has 11 heteroatoms. The highest BCUT2D eigenvalue weighted by molar-refractivity contribution is 8.14. The molecule has 3 heterocycles. The molecule has 0 N–H and O–H groups in total. The van der Waals surface area contributed by atoms with Gasteiger partial charge in [0.05, 0.1) is 29.9 Å². The summed E-state index contributed by atoms with van der Waals surface area (Å²) in [5, 5.41) is -0.264. The van der Waals surface area contributed by atoms with Crippen molar-refractivity contribution >= 4 is 38.8 Å². The molecule has 3 amide bonds. The zero-order valence-electron chi connectivity index (χ0n) is 14.9. The maximum absolute atomic E-state index is 12.6. The summed E-state index contributed by atoms with van der Waals surface area (Å²) in [5.41, 5.74) is 0.368. The van der Waals surface area contributed by atoms with E-state index in [4.69, 9.17) is 4.74 Å². The number of hydrogen-bond donors (Lipinski definition) is 0. The number of sulfonamides is 1. The van der Waals surface area contributed by atoms with E-state index in [-0.39, 0.29) is 33.7 Å². The normalized spacial score (nSPS) is 21.9. The number of nitrogens with zero attached hydrogens (tertiary/aromatic N) is 3. The molecule has 0 spiro atoms. The first-order valence-corrected chi connectivity index (χ1v) is 11.3. The standard InChI is InChI=1S/C17H19N3O6S2/c21-15-11-27-17(23)20(15)13-9-18(10-13)16(22)12-1-3-14(4-2-12)28(24,25)19-5-7-26-8-6-19/h1-4,13H,5-11H2. The van der Waals surface area contributed by atoms with Crippen molar-refractivity contribution in [3.05, 3.63) is 29.8 Å². The molecule has 3 fully saturated rings. The van der Waals surface area contributed by atoms with E-state index in [1.165, 1.54) is 33.5 Å². The molecular weight excluding hydrogens is 406 g/mol. The molecule has 28 heavy (non-hydrogen) atoms. The Balaban J connectivity index is 1.40. The molecule has 1 aromatic rings. The Bertz CT molecular complexity index is 889. The van der Waals surface area contributed by atoms with Crippen molar-refractivity contribution in [3.63, 3.8) is 0 Å². The summed E-state index contributed by atoms with van der Waals surface area (Å²) in [7, 11) is -3.60. The number of benzene rings is 1. The third-order valence-electron chi connectivity index (χ3n) is 5.01. The molecule has 3 aliphatic heterocycles. The van der Waals surface area contributed by atoms with Crippen LogP contribution in [0.15, 0.2) is 29.2 Å². The number of likely N-dealkylation sites (tertiary alicyclic amines) is 1. The number of carbonyl (C=O) groups is 3. The first kappa shape index (κ1) is 19.4. The van der Waals surface area contributed by atoms with Crippen LogP contribution in [0.1, 0.15) is 10.4 Å². The number of amides is 3. The minimum Gasteiger partial charge on any atom is -0.379 e. The van der Waals surface area contributed by atoms with Gasteiger partial charge in [0.2, 0.25) is 15.9 Å². The molecule has 0 radical (unpaired) electrons. The molecule has 0 bridgehead atoms. The van der Waals surface area contributed by atoms with E-state index in [0.29, 0.717) is 45.0 Å². The lowest BCUT2D eigenvalue weighted by molar-refractivity contribution is -0.128. The second-order valence-electron chi connectivity index (χ2n) is 6.72. The summed E-state index contributed by atoms with van der Waals surface area (Å²) in [6.45, 7) is 1.95. The lowest BCUT2D eigenvalue weighted by atomic mass is 10.1. The summed E-state index contributed by atoms with van der Waals surface area (Å²) in [6.07, 6.45) is 0. The van der Waals surface area contributed by atoms with Crippen molar-refractivity contribution in [2.75, 3.05) is 45.1 Å². The maximum atomic E-state index is 12.6. The van der Waals surface area contributed by atoms with Crippen molar-refractivity contribution in [2.24, 2.45) is 0 Å². The zero-order valence-corrected chi connectivity index (χ0v) is 16.6. The highest BCUT2D eigenvalue weighted by Gasteiger charge is 2.43. The van der Waals surface area contributed by atoms with E-state index in [9.17, 15) is 22.8 Å². The van der Waals surface area contributed by atoms with Crippen molar-refractivity contribution < 1.29 is 27.5 Å². The van der Waals surface area contributed by atoms with Gasteiger partial charge in [-0.15, -0.1) is 0 Å². The molecule has 0 saturated carbocycles. The summed E-state index contributed by atoms with van der Waals surface area (Å²) >= 11 is 0.978. The molecule has 9 nitrogen and oxygen atoms in total. The average Bonchev–Trinajstić information content (AvgIpc) is 3.00. The fraction of sp³-hybridized carbons (Fsp3) is 0.471. The molecular formula is C17H19N3O6S2. The number of rotatable bonds is 4. The first-order chi connectivity index (χ1) is 13.4. The van der Waals surface area contributed by atoms with Crippen molar-refractivity contribution in [2.45, 2.75) is 10.9 Å². The number of ether oxygens (including phenoxy) is 1. The van der Waals surface area contributed by atoms with Gasteiger partial charge < -0.3 is 9.64 Å². The van der Waals surface area contributed by atoms with Crippen molar-refractivity contribution in [1.82, 2.24) is 14.1 Å². The Morgan fingerprint density at radius 3 is 2.29 bits per heavy atom. The Morgan fingerprint density at radius 2 is 1.71 bits per heavy atom. The second-order valence-corrected chi connectivity index (χ2v) is 9.59. The Hall–Kier alpha value is -1.95. The van der Waals surface area contributed by atoms with Crippen molar-refractivity contribution in [1.29, 1.82) is 0 Å². The molecule has 0 aromatic heterocycles. The second kappa shape index (κ2) is 7.47. The van der Waals surface area contributed by atoms with E-state index in [2.05, 4.69) is 0 Å². The van der Waals surface area contributed by atoms with Crippen LogP contribution in [0.3, 0.4) is 0 Å². The van der Waals surface area contributed by atoms with E-state index < -0.39 is 10.0 Å². The van der Waals surface area contributed by atoms with Crippen LogP contribution in [0, 0.1) is 0 Å². The van der Waals surface area contributed by atoms with E-state index >= 15 is 0 Å². The molecule has 0 atom stereocenters. The van der Waals surface area contributed by atoms with Crippen LogP contribution < -0.4 is 0 Å². The topological polar surface area (TPSA) is 104 Å². The van der Waals surface area contributed by atoms with Crippen LogP contribution in [-0.4, -0.2) is 90.8 Å². The van der Waals surface area contributed by atoms with Crippen LogP contribution in [0.25, 0.3) is 0 Å². The van der Waals surface area contributed by atoms with Crippen LogP contribution in [-0.2, 0) is 19.6 Å². The summed E-state index contributed by atoms with van der Waals surface area (Å²) in [4.78, 5) is 38.9. The Morgan fingerprint density at radius 1 is 1.07 bits per heavy atom. The molecule has 0 unspecified atom stereocenters. The molecule has 150 valence electrons. The van der Waals surface area contributed by atoms with Gasteiger partial charge in [0.25, 0.3) is 11.1 Å². The minimum absolute atomic E-state index is 0.137. The molecule has 4 rings (SSSR count). The largest absolute Gasteiger partial charge is 0.379 e. The zero-order chi connectivity index (χ0) is 19.9. The fourth-order valence-electron chi connectivity index (χ4n) is 3.39. The number of carbonyl (C=O) groups excluding carboxylic acids is 3. The van der Waals surface area contributed by atoms with Gasteiger partial charge >= 0.3 is 0 Å². The fourth-order valence-corrected chi connectivity index (χ4v) is 5.57. The Kier molecular flexibility index (Phi) is 5.17. The number of imide groups is 1. The minimum atomic E-state index is -3.60. The van der Waals surface area contributed by atoms with Crippen LogP contribution in [0.5, 0.6) is 0 Å². The highest BCUT2D eigenvalue weighted by atomic mass is 32.2. The van der Waals surface area contributed by atoms with Gasteiger partial charge in [0, 0.05) is 31.7 Å². The smallest absolute Gasteiger partial charge is 0.289 e. The van der Waals surface area contributed by atoms with Crippen LogP contribution in [0.4, 0.5) is 4.79 Å². The number of thioether (sulfide) groups is 1. The third kappa shape index (κ3) is 3.43. The van der Waals surface area contributed by atoms with Gasteiger partial charge in [-0.3, -0.25) is 19.3 Å².